The van der Waals surface area contributed by atoms with Crippen molar-refractivity contribution in [2.45, 2.75) is 18.6 Å². The van der Waals surface area contributed by atoms with Gasteiger partial charge in [-0.25, -0.2) is 0 Å². The van der Waals surface area contributed by atoms with Crippen LogP contribution in [0.5, 0.6) is 5.75 Å². The molecular weight excluding hydrogens is 230 g/mol. The van der Waals surface area contributed by atoms with E-state index in [0.29, 0.717) is 16.3 Å². The van der Waals surface area contributed by atoms with Crippen molar-refractivity contribution in [3.8, 4) is 11.8 Å². The molecule has 0 heterocycles. The highest BCUT2D eigenvalue weighted by atomic mass is 35.5. The van der Waals surface area contributed by atoms with Gasteiger partial charge in [0.2, 0.25) is 0 Å². The van der Waals surface area contributed by atoms with Crippen LogP contribution in [0.15, 0.2) is 18.2 Å². The average molecular weight is 242 g/mol. The predicted molar refractivity (Wildman–Crippen MR) is 59.2 cm³/mol. The summed E-state index contributed by atoms with van der Waals surface area (Å²) in [5, 5.41) is 28.0. The molecule has 1 aromatic carbocycles. The molecule has 5 heteroatoms. The fourth-order valence-electron chi connectivity index (χ4n) is 1.29. The van der Waals surface area contributed by atoms with Gasteiger partial charge in [0.15, 0.2) is 0 Å². The number of ether oxygens (including phenoxy) is 1. The highest BCUT2D eigenvalue weighted by Crippen LogP contribution is 2.29. The lowest BCUT2D eigenvalue weighted by Gasteiger charge is -2.16. The lowest BCUT2D eigenvalue weighted by Crippen LogP contribution is -2.17. The van der Waals surface area contributed by atoms with Gasteiger partial charge in [-0.3, -0.25) is 0 Å². The van der Waals surface area contributed by atoms with Crippen molar-refractivity contribution in [1.29, 1.82) is 5.26 Å². The van der Waals surface area contributed by atoms with Gasteiger partial charge in [-0.15, -0.1) is 0 Å². The van der Waals surface area contributed by atoms with Crippen molar-refractivity contribution < 1.29 is 14.9 Å². The summed E-state index contributed by atoms with van der Waals surface area (Å²) >= 11 is 5.82. The Balaban J connectivity index is 2.92. The lowest BCUT2D eigenvalue weighted by atomic mass is 10.0. The summed E-state index contributed by atoms with van der Waals surface area (Å²) in [7, 11) is 1.46. The maximum Gasteiger partial charge on any atom is 0.137 e. The molecule has 0 radical (unpaired) electrons. The maximum atomic E-state index is 9.73. The van der Waals surface area contributed by atoms with E-state index >= 15 is 0 Å². The molecule has 0 aliphatic heterocycles. The van der Waals surface area contributed by atoms with Crippen molar-refractivity contribution >= 4 is 11.6 Å². The number of nitrogens with zero attached hydrogens (tertiary/aromatic N) is 1. The molecule has 1 rings (SSSR count). The van der Waals surface area contributed by atoms with Crippen molar-refractivity contribution in [3.05, 3.63) is 28.8 Å². The van der Waals surface area contributed by atoms with Crippen LogP contribution in [0.1, 0.15) is 18.1 Å². The van der Waals surface area contributed by atoms with Crippen molar-refractivity contribution in [2.24, 2.45) is 0 Å². The molecule has 0 saturated carbocycles. The Labute approximate surface area is 98.7 Å². The Morgan fingerprint density at radius 2 is 2.19 bits per heavy atom. The second-order valence-electron chi connectivity index (χ2n) is 3.27. The first-order chi connectivity index (χ1) is 7.60. The Kier molecular flexibility index (Phi) is 4.56. The molecule has 4 nitrogen and oxygen atoms in total. The smallest absolute Gasteiger partial charge is 0.137 e. The number of aliphatic hydroxyl groups excluding tert-OH is 2. The summed E-state index contributed by atoms with van der Waals surface area (Å²) in [4.78, 5) is 0. The topological polar surface area (TPSA) is 73.5 Å². The molecule has 0 fully saturated rings. The van der Waals surface area contributed by atoms with Gasteiger partial charge in [0.05, 0.1) is 30.7 Å². The first-order valence-corrected chi connectivity index (χ1v) is 5.04. The van der Waals surface area contributed by atoms with Crippen LogP contribution in [0.2, 0.25) is 5.02 Å². The molecule has 0 spiro atoms. The molecule has 0 aromatic heterocycles. The summed E-state index contributed by atoms with van der Waals surface area (Å²) < 4.78 is 4.99. The quantitative estimate of drug-likeness (QED) is 0.841. The minimum Gasteiger partial charge on any atom is -0.495 e. The molecule has 0 saturated heterocycles. The first-order valence-electron chi connectivity index (χ1n) is 4.66. The van der Waals surface area contributed by atoms with E-state index in [4.69, 9.17) is 21.6 Å². The minimum absolute atomic E-state index is 0.133. The van der Waals surface area contributed by atoms with Crippen LogP contribution in [-0.2, 0) is 0 Å². The van der Waals surface area contributed by atoms with Gasteiger partial charge >= 0.3 is 0 Å². The van der Waals surface area contributed by atoms with Crippen LogP contribution < -0.4 is 4.74 Å². The Hall–Kier alpha value is -1.28. The van der Waals surface area contributed by atoms with Crippen LogP contribution >= 0.6 is 11.6 Å². The minimum atomic E-state index is -1.12. The van der Waals surface area contributed by atoms with E-state index in [-0.39, 0.29) is 6.42 Å². The highest BCUT2D eigenvalue weighted by molar-refractivity contribution is 6.32. The second-order valence-corrected chi connectivity index (χ2v) is 3.68. The van der Waals surface area contributed by atoms with E-state index in [9.17, 15) is 10.2 Å². The Morgan fingerprint density at radius 1 is 1.50 bits per heavy atom. The van der Waals surface area contributed by atoms with Crippen LogP contribution in [0.25, 0.3) is 0 Å². The van der Waals surface area contributed by atoms with Gasteiger partial charge in [0.25, 0.3) is 0 Å². The molecule has 1 aromatic rings. The summed E-state index contributed by atoms with van der Waals surface area (Å²) in [6.07, 6.45) is -2.37. The normalized spacial score (nSPS) is 13.9. The number of aliphatic hydroxyl groups is 2. The first kappa shape index (κ1) is 12.8. The van der Waals surface area contributed by atoms with Gasteiger partial charge in [0.1, 0.15) is 11.9 Å². The largest absolute Gasteiger partial charge is 0.495 e. The van der Waals surface area contributed by atoms with E-state index < -0.39 is 12.2 Å². The number of rotatable bonds is 4. The standard InChI is InChI=1S/C11H12ClNO3/c1-16-10-6-7(2-3-8(10)12)11(15)9(14)4-5-13/h2-3,6,9,11,14-15H,4H2,1H3. The zero-order chi connectivity index (χ0) is 12.1. The number of methoxy groups -OCH3 is 1. The third kappa shape index (κ3) is 2.86. The van der Waals surface area contributed by atoms with Crippen LogP contribution in [0.3, 0.4) is 0 Å². The molecule has 0 bridgehead atoms. The summed E-state index contributed by atoms with van der Waals surface area (Å²) in [5.74, 6) is 0.419. The zero-order valence-electron chi connectivity index (χ0n) is 8.72. The maximum absolute atomic E-state index is 9.73. The molecule has 0 aliphatic carbocycles. The van der Waals surface area contributed by atoms with Gasteiger partial charge in [-0.1, -0.05) is 17.7 Å². The van der Waals surface area contributed by atoms with E-state index in [0.717, 1.165) is 0 Å². The highest BCUT2D eigenvalue weighted by Gasteiger charge is 2.19. The van der Waals surface area contributed by atoms with Crippen LogP contribution in [-0.4, -0.2) is 23.4 Å². The van der Waals surface area contributed by atoms with Gasteiger partial charge < -0.3 is 14.9 Å². The van der Waals surface area contributed by atoms with Crippen LogP contribution in [0.4, 0.5) is 0 Å². The fourth-order valence-corrected chi connectivity index (χ4v) is 1.48. The average Bonchev–Trinajstić information content (AvgIpc) is 2.29. The van der Waals surface area contributed by atoms with E-state index in [2.05, 4.69) is 0 Å². The molecule has 2 atom stereocenters. The molecule has 16 heavy (non-hydrogen) atoms. The van der Waals surface area contributed by atoms with Crippen molar-refractivity contribution in [2.75, 3.05) is 7.11 Å². The summed E-state index contributed by atoms with van der Waals surface area (Å²) in [6, 6.07) is 6.47. The van der Waals surface area contributed by atoms with Gasteiger partial charge in [-0.2, -0.15) is 5.26 Å². The zero-order valence-corrected chi connectivity index (χ0v) is 9.48. The molecular formula is C11H12ClNO3. The van der Waals surface area contributed by atoms with E-state index in [1.165, 1.54) is 13.2 Å². The Morgan fingerprint density at radius 3 is 2.75 bits per heavy atom. The monoisotopic (exact) mass is 241 g/mol. The van der Waals surface area contributed by atoms with Crippen LogP contribution in [0, 0.1) is 11.3 Å². The summed E-state index contributed by atoms with van der Waals surface area (Å²) in [5.41, 5.74) is 0.462. The lowest BCUT2D eigenvalue weighted by molar-refractivity contribution is 0.0215. The molecule has 0 aliphatic rings. The number of hydrogen-bond acceptors (Lipinski definition) is 4. The number of benzene rings is 1. The van der Waals surface area contributed by atoms with Gasteiger partial charge in [-0.05, 0) is 17.7 Å². The third-order valence-corrected chi connectivity index (χ3v) is 2.49. The van der Waals surface area contributed by atoms with E-state index in [1.54, 1.807) is 18.2 Å². The third-order valence-electron chi connectivity index (χ3n) is 2.18. The van der Waals surface area contributed by atoms with Crippen molar-refractivity contribution in [1.82, 2.24) is 0 Å². The summed E-state index contributed by atoms with van der Waals surface area (Å²) in [6.45, 7) is 0. The number of halogens is 1. The van der Waals surface area contributed by atoms with Gasteiger partial charge in [0, 0.05) is 0 Å². The van der Waals surface area contributed by atoms with E-state index in [1.807, 2.05) is 0 Å². The number of nitriles is 1. The predicted octanol–water partition coefficient (Wildman–Crippen LogP) is 1.66. The molecule has 86 valence electrons. The molecule has 2 unspecified atom stereocenters. The number of hydrogen-bond donors (Lipinski definition) is 2. The van der Waals surface area contributed by atoms with Crippen molar-refractivity contribution in [3.63, 3.8) is 0 Å². The molecule has 2 N–H and O–H groups in total. The SMILES string of the molecule is COc1cc(C(O)C(O)CC#N)ccc1Cl. The second kappa shape index (κ2) is 5.71. The fraction of sp³-hybridized carbons (Fsp3) is 0.364. The molecule has 0 amide bonds. The Bertz CT molecular complexity index is 403.